The van der Waals surface area contributed by atoms with Gasteiger partial charge >= 0.3 is 5.97 Å². The number of hydrogen-bond acceptors (Lipinski definition) is 6. The van der Waals surface area contributed by atoms with Gasteiger partial charge in [-0.15, -0.1) is 11.3 Å². The van der Waals surface area contributed by atoms with Crippen molar-refractivity contribution < 1.29 is 14.7 Å². The number of aryl methyl sites for hydroxylation is 2. The molecule has 0 radical (unpaired) electrons. The summed E-state index contributed by atoms with van der Waals surface area (Å²) in [6, 6.07) is 6.54. The van der Waals surface area contributed by atoms with E-state index in [1.165, 1.54) is 15.9 Å². The molecule has 0 aliphatic rings. The SMILES string of the molecule is Cc1sc2nc(SCC(=O)N[C@H](Cc3c[nH]c4ccccc34)C(=O)O)n(C)c(=O)c2c1C. The number of aliphatic carboxylic acids is 1. The van der Waals surface area contributed by atoms with E-state index in [9.17, 15) is 19.5 Å². The number of carbonyl (C=O) groups is 2. The Morgan fingerprint density at radius 3 is 2.81 bits per heavy atom. The summed E-state index contributed by atoms with van der Waals surface area (Å²) in [5.41, 5.74) is 2.50. The molecule has 3 heterocycles. The molecule has 0 aliphatic carbocycles. The molecular weight excluding hydrogens is 448 g/mol. The van der Waals surface area contributed by atoms with E-state index in [1.807, 2.05) is 38.1 Å². The van der Waals surface area contributed by atoms with E-state index in [0.717, 1.165) is 38.7 Å². The summed E-state index contributed by atoms with van der Waals surface area (Å²) in [6.07, 6.45) is 1.92. The highest BCUT2D eigenvalue weighted by molar-refractivity contribution is 7.99. The van der Waals surface area contributed by atoms with Gasteiger partial charge in [0.05, 0.1) is 11.1 Å². The summed E-state index contributed by atoms with van der Waals surface area (Å²) in [6.45, 7) is 3.85. The Bertz CT molecular complexity index is 1400. The van der Waals surface area contributed by atoms with Gasteiger partial charge in [-0.3, -0.25) is 14.2 Å². The third-order valence-corrected chi connectivity index (χ3v) is 7.56. The number of benzene rings is 1. The van der Waals surface area contributed by atoms with Crippen LogP contribution in [0.25, 0.3) is 21.1 Å². The Morgan fingerprint density at radius 1 is 1.31 bits per heavy atom. The number of para-hydroxylation sites is 1. The minimum Gasteiger partial charge on any atom is -0.480 e. The number of H-pyrrole nitrogens is 1. The Labute approximate surface area is 191 Å². The number of hydrogen-bond donors (Lipinski definition) is 3. The van der Waals surface area contributed by atoms with Crippen LogP contribution in [0.5, 0.6) is 0 Å². The summed E-state index contributed by atoms with van der Waals surface area (Å²) in [5, 5.41) is 14.2. The van der Waals surface area contributed by atoms with Crippen LogP contribution in [0, 0.1) is 13.8 Å². The zero-order valence-electron chi connectivity index (χ0n) is 17.8. The monoisotopic (exact) mass is 470 g/mol. The predicted octanol–water partition coefficient (Wildman–Crippen LogP) is 3.00. The summed E-state index contributed by atoms with van der Waals surface area (Å²) < 4.78 is 1.43. The van der Waals surface area contributed by atoms with Gasteiger partial charge < -0.3 is 15.4 Å². The lowest BCUT2D eigenvalue weighted by Crippen LogP contribution is -2.43. The maximum Gasteiger partial charge on any atom is 0.326 e. The number of thiophene rings is 1. The largest absolute Gasteiger partial charge is 0.480 e. The van der Waals surface area contributed by atoms with Gasteiger partial charge in [0.15, 0.2) is 5.16 Å². The molecule has 1 atom stereocenters. The van der Waals surface area contributed by atoms with Crippen LogP contribution < -0.4 is 10.9 Å². The average molecular weight is 471 g/mol. The summed E-state index contributed by atoms with van der Waals surface area (Å²) in [7, 11) is 1.62. The maximum absolute atomic E-state index is 12.7. The van der Waals surface area contributed by atoms with E-state index in [2.05, 4.69) is 15.3 Å². The van der Waals surface area contributed by atoms with E-state index in [4.69, 9.17) is 0 Å². The van der Waals surface area contributed by atoms with Crippen LogP contribution in [-0.4, -0.2) is 43.3 Å². The van der Waals surface area contributed by atoms with Crippen molar-refractivity contribution in [1.29, 1.82) is 0 Å². The molecule has 0 unspecified atom stereocenters. The highest BCUT2D eigenvalue weighted by Gasteiger charge is 2.22. The van der Waals surface area contributed by atoms with Gasteiger partial charge in [0.25, 0.3) is 5.56 Å². The van der Waals surface area contributed by atoms with E-state index in [-0.39, 0.29) is 17.7 Å². The first kappa shape index (κ1) is 22.1. The Morgan fingerprint density at radius 2 is 2.06 bits per heavy atom. The van der Waals surface area contributed by atoms with E-state index >= 15 is 0 Å². The van der Waals surface area contributed by atoms with Gasteiger partial charge in [0, 0.05) is 35.4 Å². The number of amides is 1. The van der Waals surface area contributed by atoms with Crippen LogP contribution in [0.3, 0.4) is 0 Å². The first-order valence-electron chi connectivity index (χ1n) is 9.93. The van der Waals surface area contributed by atoms with Crippen LogP contribution in [0.4, 0.5) is 0 Å². The summed E-state index contributed by atoms with van der Waals surface area (Å²) in [4.78, 5) is 46.3. The van der Waals surface area contributed by atoms with Crippen LogP contribution >= 0.6 is 23.1 Å². The smallest absolute Gasteiger partial charge is 0.326 e. The number of nitrogens with zero attached hydrogens (tertiary/aromatic N) is 2. The van der Waals surface area contributed by atoms with Crippen molar-refractivity contribution in [2.45, 2.75) is 31.5 Å². The number of rotatable bonds is 7. The Hall–Kier alpha value is -3.11. The lowest BCUT2D eigenvalue weighted by atomic mass is 10.1. The molecule has 32 heavy (non-hydrogen) atoms. The molecule has 166 valence electrons. The number of thioether (sulfide) groups is 1. The lowest BCUT2D eigenvalue weighted by Gasteiger charge is -2.14. The van der Waals surface area contributed by atoms with Crippen molar-refractivity contribution in [3.8, 4) is 0 Å². The second-order valence-electron chi connectivity index (χ2n) is 7.53. The zero-order chi connectivity index (χ0) is 23.0. The Kier molecular flexibility index (Phi) is 6.07. The number of nitrogens with one attached hydrogen (secondary N) is 2. The van der Waals surface area contributed by atoms with Gasteiger partial charge in [-0.25, -0.2) is 9.78 Å². The standard InChI is InChI=1S/C22H22N4O4S2/c1-11-12(2)32-19-18(11)20(28)26(3)22(25-19)31-10-17(27)24-16(21(29)30)8-13-9-23-15-7-5-4-6-14(13)15/h4-7,9,16,23H,8,10H2,1-3H3,(H,24,27)(H,29,30)/t16-/m1/s1. The molecule has 1 amide bonds. The van der Waals surface area contributed by atoms with Gasteiger partial charge in [0.2, 0.25) is 5.91 Å². The fourth-order valence-corrected chi connectivity index (χ4v) is 5.43. The van der Waals surface area contributed by atoms with Crippen molar-refractivity contribution in [1.82, 2.24) is 19.9 Å². The zero-order valence-corrected chi connectivity index (χ0v) is 19.4. The molecule has 1 aromatic carbocycles. The molecule has 4 aromatic rings. The Balaban J connectivity index is 1.47. The molecule has 0 saturated heterocycles. The van der Waals surface area contributed by atoms with Crippen LogP contribution in [0.1, 0.15) is 16.0 Å². The molecule has 0 spiro atoms. The number of carboxylic acid groups (broad SMARTS) is 1. The predicted molar refractivity (Wildman–Crippen MR) is 127 cm³/mol. The molecule has 10 heteroatoms. The molecule has 0 saturated carbocycles. The third-order valence-electron chi connectivity index (χ3n) is 5.43. The minimum atomic E-state index is -1.11. The number of aromatic nitrogens is 3. The first-order chi connectivity index (χ1) is 15.3. The average Bonchev–Trinajstić information content (AvgIpc) is 3.29. The second kappa shape index (κ2) is 8.79. The summed E-state index contributed by atoms with van der Waals surface area (Å²) in [5.74, 6) is -1.59. The number of carbonyl (C=O) groups excluding carboxylic acids is 1. The van der Waals surface area contributed by atoms with Gasteiger partial charge in [-0.2, -0.15) is 0 Å². The summed E-state index contributed by atoms with van der Waals surface area (Å²) >= 11 is 2.56. The first-order valence-corrected chi connectivity index (χ1v) is 11.7. The highest BCUT2D eigenvalue weighted by atomic mass is 32.2. The fraction of sp³-hybridized carbons (Fsp3) is 0.273. The highest BCUT2D eigenvalue weighted by Crippen LogP contribution is 2.28. The van der Waals surface area contributed by atoms with Crippen molar-refractivity contribution in [3.05, 3.63) is 56.8 Å². The lowest BCUT2D eigenvalue weighted by molar-refractivity contribution is -0.141. The number of fused-ring (bicyclic) bond motifs is 2. The van der Waals surface area contributed by atoms with Crippen molar-refractivity contribution in [2.24, 2.45) is 7.05 Å². The van der Waals surface area contributed by atoms with E-state index < -0.39 is 17.9 Å². The van der Waals surface area contributed by atoms with Gasteiger partial charge in [0.1, 0.15) is 10.9 Å². The van der Waals surface area contributed by atoms with Crippen molar-refractivity contribution in [3.63, 3.8) is 0 Å². The van der Waals surface area contributed by atoms with Gasteiger partial charge in [-0.1, -0.05) is 30.0 Å². The molecule has 4 rings (SSSR count). The molecule has 8 nitrogen and oxygen atoms in total. The maximum atomic E-state index is 12.7. The molecule has 0 aliphatic heterocycles. The van der Waals surface area contributed by atoms with E-state index in [0.29, 0.717) is 15.4 Å². The van der Waals surface area contributed by atoms with Crippen molar-refractivity contribution in [2.75, 3.05) is 5.75 Å². The van der Waals surface area contributed by atoms with Crippen LogP contribution in [0.15, 0.2) is 40.4 Å². The van der Waals surface area contributed by atoms with Crippen LogP contribution in [-0.2, 0) is 23.1 Å². The molecule has 3 aromatic heterocycles. The topological polar surface area (TPSA) is 117 Å². The normalized spacial score (nSPS) is 12.3. The fourth-order valence-electron chi connectivity index (χ4n) is 3.57. The second-order valence-corrected chi connectivity index (χ2v) is 9.68. The third kappa shape index (κ3) is 4.15. The minimum absolute atomic E-state index is 0.0488. The number of aromatic amines is 1. The van der Waals surface area contributed by atoms with E-state index in [1.54, 1.807) is 13.2 Å². The molecule has 3 N–H and O–H groups in total. The van der Waals surface area contributed by atoms with Crippen LogP contribution in [0.2, 0.25) is 0 Å². The molecule has 0 bridgehead atoms. The molecular formula is C22H22N4O4S2. The van der Waals surface area contributed by atoms with Gasteiger partial charge in [-0.05, 0) is 31.0 Å². The van der Waals surface area contributed by atoms with Crippen molar-refractivity contribution >= 4 is 56.1 Å². The quantitative estimate of drug-likeness (QED) is 0.282. The molecule has 0 fully saturated rings. The number of carboxylic acids is 1.